The van der Waals surface area contributed by atoms with E-state index in [0.29, 0.717) is 46.2 Å². The molecule has 3 heterocycles. The molecule has 10 heteroatoms. The van der Waals surface area contributed by atoms with Gasteiger partial charge in [0.25, 0.3) is 5.56 Å². The average molecular weight is 478 g/mol. The molecule has 1 saturated heterocycles. The highest BCUT2D eigenvalue weighted by Crippen LogP contribution is 2.45. The lowest BCUT2D eigenvalue weighted by Crippen LogP contribution is -2.30. The number of nitrogens with zero attached hydrogens (tertiary/aromatic N) is 4. The molecule has 8 nitrogen and oxygen atoms in total. The Morgan fingerprint density at radius 1 is 1.06 bits per heavy atom. The largest absolute Gasteiger partial charge is 0.495 e. The van der Waals surface area contributed by atoms with Crippen LogP contribution in [-0.4, -0.2) is 60.3 Å². The monoisotopic (exact) mass is 477 g/mol. The lowest BCUT2D eigenvalue weighted by Gasteiger charge is -2.19. The van der Waals surface area contributed by atoms with Gasteiger partial charge in [0.15, 0.2) is 0 Å². The Hall–Kier alpha value is -2.55. The first-order chi connectivity index (χ1) is 15.5. The van der Waals surface area contributed by atoms with Crippen LogP contribution in [0.1, 0.15) is 12.8 Å². The molecule has 0 saturated carbocycles. The van der Waals surface area contributed by atoms with Crippen molar-refractivity contribution in [1.82, 2.24) is 19.4 Å². The molecule has 170 valence electrons. The van der Waals surface area contributed by atoms with E-state index < -0.39 is 0 Å². The molecular weight excluding hydrogens is 453 g/mol. The number of nitrogens with one attached hydrogen (secondary N) is 1. The molecule has 1 aromatic carbocycles. The lowest BCUT2D eigenvalue weighted by molar-refractivity contribution is 0.322. The van der Waals surface area contributed by atoms with Crippen molar-refractivity contribution in [3.8, 4) is 22.6 Å². The predicted molar refractivity (Wildman–Crippen MR) is 128 cm³/mol. The van der Waals surface area contributed by atoms with Gasteiger partial charge >= 0.3 is 0 Å². The molecule has 1 aliphatic rings. The van der Waals surface area contributed by atoms with Crippen LogP contribution in [0.5, 0.6) is 11.5 Å². The quantitative estimate of drug-likeness (QED) is 0.551. The number of ether oxygens (including phenoxy) is 2. The van der Waals surface area contributed by atoms with E-state index in [4.69, 9.17) is 32.7 Å². The minimum absolute atomic E-state index is 0.239. The SMILES string of the molecule is CNc1ncc2cc(-c3c(Cl)c(OC)cc(OC)c3Cl)c(=O)n(CCN3CCCC3)c2n1. The normalized spacial score (nSPS) is 14.2. The third kappa shape index (κ3) is 4.10. The number of anilines is 1. The Morgan fingerprint density at radius 2 is 1.72 bits per heavy atom. The standard InChI is InChI=1S/C22H25Cl2N5O3/c1-25-22-26-12-13-10-14(17-18(23)15(31-2)11-16(32-3)19(17)24)21(30)29(20(13)27-22)9-8-28-6-4-5-7-28/h10-12H,4-9H2,1-3H3,(H,25,26,27). The van der Waals surface area contributed by atoms with E-state index in [-0.39, 0.29) is 15.6 Å². The Morgan fingerprint density at radius 3 is 2.31 bits per heavy atom. The summed E-state index contributed by atoms with van der Waals surface area (Å²) in [6, 6.07) is 3.32. The minimum atomic E-state index is -0.239. The molecule has 0 amide bonds. The summed E-state index contributed by atoms with van der Waals surface area (Å²) in [6.45, 7) is 3.31. The second-order valence-electron chi connectivity index (χ2n) is 7.57. The molecule has 32 heavy (non-hydrogen) atoms. The third-order valence-corrected chi connectivity index (χ3v) is 6.48. The molecule has 0 atom stereocenters. The number of aromatic nitrogens is 3. The molecule has 0 unspecified atom stereocenters. The van der Waals surface area contributed by atoms with Gasteiger partial charge in [0.05, 0.1) is 29.8 Å². The zero-order valence-corrected chi connectivity index (χ0v) is 19.8. The fourth-order valence-electron chi connectivity index (χ4n) is 4.04. The van der Waals surface area contributed by atoms with Gasteiger partial charge in [0.1, 0.15) is 17.1 Å². The molecule has 0 bridgehead atoms. The molecule has 2 aromatic heterocycles. The van der Waals surface area contributed by atoms with Crippen molar-refractivity contribution in [2.75, 3.05) is 46.2 Å². The van der Waals surface area contributed by atoms with E-state index in [1.54, 1.807) is 29.9 Å². The Balaban J connectivity index is 1.95. The average Bonchev–Trinajstić information content (AvgIpc) is 3.32. The van der Waals surface area contributed by atoms with Crippen molar-refractivity contribution in [3.63, 3.8) is 0 Å². The van der Waals surface area contributed by atoms with Crippen molar-refractivity contribution in [1.29, 1.82) is 0 Å². The fraction of sp³-hybridized carbons (Fsp3) is 0.409. The van der Waals surface area contributed by atoms with Gasteiger partial charge in [-0.15, -0.1) is 0 Å². The summed E-state index contributed by atoms with van der Waals surface area (Å²) >= 11 is 13.2. The van der Waals surface area contributed by atoms with Crippen LogP contribution in [0.3, 0.4) is 0 Å². The van der Waals surface area contributed by atoms with Crippen LogP contribution in [0.25, 0.3) is 22.2 Å². The van der Waals surface area contributed by atoms with Crippen LogP contribution in [-0.2, 0) is 6.54 Å². The number of methoxy groups -OCH3 is 2. The van der Waals surface area contributed by atoms with Crippen molar-refractivity contribution >= 4 is 40.2 Å². The minimum Gasteiger partial charge on any atom is -0.495 e. The number of rotatable bonds is 7. The van der Waals surface area contributed by atoms with E-state index in [1.165, 1.54) is 27.1 Å². The number of fused-ring (bicyclic) bond motifs is 1. The van der Waals surface area contributed by atoms with Gasteiger partial charge in [-0.2, -0.15) is 4.98 Å². The first-order valence-corrected chi connectivity index (χ1v) is 11.1. The van der Waals surface area contributed by atoms with Gasteiger partial charge in [-0.25, -0.2) is 4.98 Å². The summed E-state index contributed by atoms with van der Waals surface area (Å²) in [4.78, 5) is 25.0. The van der Waals surface area contributed by atoms with Crippen LogP contribution in [0.2, 0.25) is 10.0 Å². The molecule has 1 N–H and O–H groups in total. The van der Waals surface area contributed by atoms with Crippen LogP contribution in [0, 0.1) is 0 Å². The number of hydrogen-bond acceptors (Lipinski definition) is 7. The van der Waals surface area contributed by atoms with Crippen LogP contribution < -0.4 is 20.3 Å². The summed E-state index contributed by atoms with van der Waals surface area (Å²) in [6.07, 6.45) is 4.04. The van der Waals surface area contributed by atoms with E-state index in [0.717, 1.165) is 19.6 Å². The summed E-state index contributed by atoms with van der Waals surface area (Å²) in [5.41, 5.74) is 1.02. The highest BCUT2D eigenvalue weighted by Gasteiger charge is 2.23. The Labute approximate surface area is 196 Å². The maximum atomic E-state index is 13.8. The number of benzene rings is 1. The second kappa shape index (κ2) is 9.52. The van der Waals surface area contributed by atoms with E-state index in [2.05, 4.69) is 20.2 Å². The van der Waals surface area contributed by atoms with Crippen molar-refractivity contribution < 1.29 is 9.47 Å². The fourth-order valence-corrected chi connectivity index (χ4v) is 4.74. The summed E-state index contributed by atoms with van der Waals surface area (Å²) in [5.74, 6) is 1.18. The van der Waals surface area contributed by atoms with Crippen LogP contribution >= 0.6 is 23.2 Å². The molecule has 3 aromatic rings. The number of pyridine rings is 1. The zero-order chi connectivity index (χ0) is 22.8. The maximum absolute atomic E-state index is 13.8. The topological polar surface area (TPSA) is 81.5 Å². The lowest BCUT2D eigenvalue weighted by atomic mass is 10.0. The molecule has 0 aliphatic carbocycles. The first kappa shape index (κ1) is 22.6. The highest BCUT2D eigenvalue weighted by atomic mass is 35.5. The summed E-state index contributed by atoms with van der Waals surface area (Å²) in [7, 11) is 4.74. The molecule has 4 rings (SSSR count). The van der Waals surface area contributed by atoms with E-state index >= 15 is 0 Å². The van der Waals surface area contributed by atoms with E-state index in [9.17, 15) is 4.79 Å². The summed E-state index contributed by atoms with van der Waals surface area (Å²) < 4.78 is 12.4. The zero-order valence-electron chi connectivity index (χ0n) is 18.2. The molecule has 1 fully saturated rings. The van der Waals surface area contributed by atoms with Gasteiger partial charge in [-0.3, -0.25) is 9.36 Å². The second-order valence-corrected chi connectivity index (χ2v) is 8.33. The Kier molecular flexibility index (Phi) is 6.74. The molecule has 1 aliphatic heterocycles. The van der Waals surface area contributed by atoms with Crippen molar-refractivity contribution in [2.45, 2.75) is 19.4 Å². The Bertz CT molecular complexity index is 1180. The first-order valence-electron chi connectivity index (χ1n) is 10.4. The van der Waals surface area contributed by atoms with Crippen LogP contribution in [0.15, 0.2) is 23.1 Å². The van der Waals surface area contributed by atoms with Gasteiger partial charge in [0.2, 0.25) is 5.95 Å². The van der Waals surface area contributed by atoms with E-state index in [1.807, 2.05) is 0 Å². The predicted octanol–water partition coefficient (Wildman–Crippen LogP) is 3.92. The molecule has 0 radical (unpaired) electrons. The highest BCUT2D eigenvalue weighted by molar-refractivity contribution is 6.41. The van der Waals surface area contributed by atoms with Gasteiger partial charge in [-0.1, -0.05) is 23.2 Å². The van der Waals surface area contributed by atoms with Crippen molar-refractivity contribution in [2.24, 2.45) is 0 Å². The van der Waals surface area contributed by atoms with Gasteiger partial charge in [-0.05, 0) is 32.0 Å². The van der Waals surface area contributed by atoms with Crippen molar-refractivity contribution in [3.05, 3.63) is 38.7 Å². The smallest absolute Gasteiger partial charge is 0.260 e. The maximum Gasteiger partial charge on any atom is 0.260 e. The molecular formula is C22H25Cl2N5O3. The number of hydrogen-bond donors (Lipinski definition) is 1. The summed E-state index contributed by atoms with van der Waals surface area (Å²) in [5, 5.41) is 4.13. The number of likely N-dealkylation sites (tertiary alicyclic amines) is 1. The third-order valence-electron chi connectivity index (χ3n) is 5.73. The number of halogens is 2. The van der Waals surface area contributed by atoms with Gasteiger partial charge in [0, 0.05) is 43.4 Å². The van der Waals surface area contributed by atoms with Crippen LogP contribution in [0.4, 0.5) is 5.95 Å². The molecule has 0 spiro atoms. The van der Waals surface area contributed by atoms with Gasteiger partial charge < -0.3 is 19.7 Å².